The first kappa shape index (κ1) is 11.9. The number of rotatable bonds is 0. The van der Waals surface area contributed by atoms with E-state index in [2.05, 4.69) is 4.99 Å². The molecule has 0 atom stereocenters. The molecule has 1 heterocycles. The van der Waals surface area contributed by atoms with E-state index in [1.54, 1.807) is 0 Å². The number of halogens is 3. The minimum absolute atomic E-state index is 0.604. The molecule has 0 spiro atoms. The lowest BCUT2D eigenvalue weighted by Gasteiger charge is -2.15. The second kappa shape index (κ2) is 4.33. The molecule has 2 rings (SSSR count). The Morgan fingerprint density at radius 1 is 1.38 bits per heavy atom. The van der Waals surface area contributed by atoms with Crippen molar-refractivity contribution in [2.24, 2.45) is 4.99 Å². The molecule has 1 aromatic carbocycles. The Morgan fingerprint density at radius 3 is 2.75 bits per heavy atom. The Kier molecular flexibility index (Phi) is 3.21. The van der Waals surface area contributed by atoms with Gasteiger partial charge in [-0.15, -0.1) is 23.5 Å². The summed E-state index contributed by atoms with van der Waals surface area (Å²) in [5.41, 5.74) is 0.0233. The van der Waals surface area contributed by atoms with Crippen LogP contribution < -0.4 is 0 Å². The molecule has 0 radical (unpaired) electrons. The SMILES string of the molecule is CSC1=Nc2ccc(C(F)(F)F)cc2SC1. The zero-order valence-electron chi connectivity index (χ0n) is 8.34. The lowest BCUT2D eigenvalue weighted by molar-refractivity contribution is -0.137. The molecule has 0 amide bonds. The van der Waals surface area contributed by atoms with Gasteiger partial charge in [0.2, 0.25) is 0 Å². The highest BCUT2D eigenvalue weighted by atomic mass is 32.2. The van der Waals surface area contributed by atoms with E-state index in [1.165, 1.54) is 35.7 Å². The highest BCUT2D eigenvalue weighted by molar-refractivity contribution is 8.15. The zero-order chi connectivity index (χ0) is 11.8. The second-order valence-electron chi connectivity index (χ2n) is 3.18. The van der Waals surface area contributed by atoms with Crippen LogP contribution in [0.2, 0.25) is 0 Å². The van der Waals surface area contributed by atoms with E-state index in [-0.39, 0.29) is 0 Å². The maximum Gasteiger partial charge on any atom is 0.416 e. The van der Waals surface area contributed by atoms with Gasteiger partial charge in [-0.3, -0.25) is 0 Å². The number of hydrogen-bond acceptors (Lipinski definition) is 3. The summed E-state index contributed by atoms with van der Waals surface area (Å²) < 4.78 is 37.4. The highest BCUT2D eigenvalue weighted by Crippen LogP contribution is 2.39. The predicted molar refractivity (Wildman–Crippen MR) is 62.8 cm³/mol. The third kappa shape index (κ3) is 2.38. The second-order valence-corrected chi connectivity index (χ2v) is 5.08. The lowest BCUT2D eigenvalue weighted by Crippen LogP contribution is -2.06. The average Bonchev–Trinajstić information content (AvgIpc) is 2.26. The van der Waals surface area contributed by atoms with Gasteiger partial charge in [0, 0.05) is 10.6 Å². The maximum atomic E-state index is 12.5. The number of hydrogen-bond donors (Lipinski definition) is 0. The summed E-state index contributed by atoms with van der Waals surface area (Å²) in [6.45, 7) is 0. The molecule has 0 aromatic heterocycles. The van der Waals surface area contributed by atoms with Gasteiger partial charge in [-0.2, -0.15) is 13.2 Å². The molecule has 6 heteroatoms. The van der Waals surface area contributed by atoms with Crippen LogP contribution in [0.4, 0.5) is 18.9 Å². The summed E-state index contributed by atoms with van der Waals surface area (Å²) in [6.07, 6.45) is -2.37. The smallest absolute Gasteiger partial charge is 0.245 e. The monoisotopic (exact) mass is 263 g/mol. The summed E-state index contributed by atoms with van der Waals surface area (Å²) in [6, 6.07) is 3.67. The molecule has 1 aliphatic rings. The van der Waals surface area contributed by atoms with Crippen molar-refractivity contribution >= 4 is 34.3 Å². The first-order valence-electron chi connectivity index (χ1n) is 4.46. The van der Waals surface area contributed by atoms with Crippen LogP contribution in [0.1, 0.15) is 5.56 Å². The van der Waals surface area contributed by atoms with Crippen molar-refractivity contribution in [3.05, 3.63) is 23.8 Å². The number of fused-ring (bicyclic) bond motifs is 1. The molecule has 1 aliphatic heterocycles. The lowest BCUT2D eigenvalue weighted by atomic mass is 10.2. The van der Waals surface area contributed by atoms with Crippen molar-refractivity contribution in [1.29, 1.82) is 0 Å². The Hall–Kier alpha value is -0.620. The van der Waals surface area contributed by atoms with Crippen molar-refractivity contribution in [2.75, 3.05) is 12.0 Å². The van der Waals surface area contributed by atoms with Crippen molar-refractivity contribution in [2.45, 2.75) is 11.1 Å². The van der Waals surface area contributed by atoms with E-state index in [4.69, 9.17) is 0 Å². The fourth-order valence-electron chi connectivity index (χ4n) is 1.31. The minimum atomic E-state index is -4.28. The van der Waals surface area contributed by atoms with Crippen LogP contribution in [0, 0.1) is 0 Å². The van der Waals surface area contributed by atoms with Crippen LogP contribution in [-0.2, 0) is 6.18 Å². The van der Waals surface area contributed by atoms with E-state index in [9.17, 15) is 13.2 Å². The molecule has 1 aromatic rings. The van der Waals surface area contributed by atoms with E-state index in [1.807, 2.05) is 6.26 Å². The van der Waals surface area contributed by atoms with E-state index < -0.39 is 11.7 Å². The number of alkyl halides is 3. The van der Waals surface area contributed by atoms with Crippen LogP contribution in [-0.4, -0.2) is 17.1 Å². The van der Waals surface area contributed by atoms with E-state index in [0.717, 1.165) is 11.1 Å². The Morgan fingerprint density at radius 2 is 2.12 bits per heavy atom. The first-order valence-corrected chi connectivity index (χ1v) is 6.67. The molecule has 0 saturated heterocycles. The normalized spacial score (nSPS) is 15.6. The van der Waals surface area contributed by atoms with Gasteiger partial charge in [-0.1, -0.05) is 0 Å². The number of nitrogens with zero attached hydrogens (tertiary/aromatic N) is 1. The number of thioether (sulfide) groups is 2. The van der Waals surface area contributed by atoms with Gasteiger partial charge in [-0.25, -0.2) is 4.99 Å². The molecule has 86 valence electrons. The van der Waals surface area contributed by atoms with Gasteiger partial charge >= 0.3 is 6.18 Å². The topological polar surface area (TPSA) is 12.4 Å². The Balaban J connectivity index is 2.39. The standard InChI is InChI=1S/C10H8F3NS2/c1-15-9-5-16-8-4-6(10(11,12)13)2-3-7(8)14-9/h2-4H,5H2,1H3. The van der Waals surface area contributed by atoms with Crippen molar-refractivity contribution in [3.8, 4) is 0 Å². The molecule has 1 nitrogen and oxygen atoms in total. The molecular formula is C10H8F3NS2. The van der Waals surface area contributed by atoms with Crippen LogP contribution in [0.15, 0.2) is 28.1 Å². The van der Waals surface area contributed by atoms with Gasteiger partial charge in [0.15, 0.2) is 0 Å². The third-order valence-corrected chi connectivity index (χ3v) is 4.06. The van der Waals surface area contributed by atoms with Gasteiger partial charge < -0.3 is 0 Å². The molecule has 0 unspecified atom stereocenters. The fourth-order valence-corrected chi connectivity index (χ4v) is 2.96. The average molecular weight is 263 g/mol. The summed E-state index contributed by atoms with van der Waals surface area (Å²) in [7, 11) is 0. The Bertz CT molecular complexity index is 440. The van der Waals surface area contributed by atoms with E-state index >= 15 is 0 Å². The third-order valence-electron chi connectivity index (χ3n) is 2.12. The quantitative estimate of drug-likeness (QED) is 0.695. The van der Waals surface area contributed by atoms with Crippen LogP contribution in [0.5, 0.6) is 0 Å². The maximum absolute atomic E-state index is 12.5. The van der Waals surface area contributed by atoms with Crippen LogP contribution in [0.3, 0.4) is 0 Å². The fraction of sp³-hybridized carbons (Fsp3) is 0.300. The summed E-state index contributed by atoms with van der Waals surface area (Å²) in [4.78, 5) is 4.88. The molecule has 0 fully saturated rings. The van der Waals surface area contributed by atoms with Crippen molar-refractivity contribution in [3.63, 3.8) is 0 Å². The zero-order valence-corrected chi connectivity index (χ0v) is 9.97. The van der Waals surface area contributed by atoms with Crippen LogP contribution >= 0.6 is 23.5 Å². The molecule has 16 heavy (non-hydrogen) atoms. The largest absolute Gasteiger partial charge is 0.416 e. The minimum Gasteiger partial charge on any atom is -0.245 e. The molecule has 0 aliphatic carbocycles. The molecule has 0 N–H and O–H groups in total. The molecular weight excluding hydrogens is 255 g/mol. The Labute approximate surface area is 99.5 Å². The van der Waals surface area contributed by atoms with E-state index in [0.29, 0.717) is 16.3 Å². The van der Waals surface area contributed by atoms with Gasteiger partial charge in [0.25, 0.3) is 0 Å². The first-order chi connectivity index (χ1) is 7.50. The van der Waals surface area contributed by atoms with Crippen molar-refractivity contribution < 1.29 is 13.2 Å². The van der Waals surface area contributed by atoms with Crippen LogP contribution in [0.25, 0.3) is 0 Å². The predicted octanol–water partition coefficient (Wildman–Crippen LogP) is 4.20. The summed E-state index contributed by atoms with van der Waals surface area (Å²) in [5.74, 6) is 0.648. The van der Waals surface area contributed by atoms with Gasteiger partial charge in [-0.05, 0) is 24.5 Å². The number of benzene rings is 1. The highest BCUT2D eigenvalue weighted by Gasteiger charge is 2.31. The summed E-state index contributed by atoms with van der Waals surface area (Å²) in [5, 5.41) is 0.942. The number of aliphatic imine (C=N–C) groups is 1. The van der Waals surface area contributed by atoms with Gasteiger partial charge in [0.05, 0.1) is 16.3 Å². The van der Waals surface area contributed by atoms with Crippen molar-refractivity contribution in [1.82, 2.24) is 0 Å². The van der Waals surface area contributed by atoms with Gasteiger partial charge in [0.1, 0.15) is 0 Å². The molecule has 0 bridgehead atoms. The molecule has 0 saturated carbocycles. The summed E-state index contributed by atoms with van der Waals surface area (Å²) >= 11 is 2.93.